The Morgan fingerprint density at radius 1 is 1.00 bits per heavy atom. The molecule has 1 aromatic heterocycles. The Kier molecular flexibility index (Phi) is 7.75. The number of nitrogens with zero attached hydrogens (tertiary/aromatic N) is 2. The molecular formula is C23H23ClF3N3O3. The summed E-state index contributed by atoms with van der Waals surface area (Å²) in [7, 11) is 3.96. The average Bonchev–Trinajstić information content (AvgIpc) is 2.82. The van der Waals surface area contributed by atoms with Crippen LogP contribution in [0.25, 0.3) is 0 Å². The fourth-order valence-corrected chi connectivity index (χ4v) is 3.37. The molecule has 3 rings (SSSR count). The minimum absolute atomic E-state index is 0.0947. The van der Waals surface area contributed by atoms with Crippen LogP contribution in [-0.4, -0.2) is 26.3 Å². The van der Waals surface area contributed by atoms with Crippen LogP contribution in [0.2, 0.25) is 5.02 Å². The number of halogens is 4. The third-order valence-electron chi connectivity index (χ3n) is 5.04. The van der Waals surface area contributed by atoms with Crippen molar-refractivity contribution < 1.29 is 27.5 Å². The lowest BCUT2D eigenvalue weighted by Gasteiger charge is -2.20. The first-order valence-electron chi connectivity index (χ1n) is 9.84. The lowest BCUT2D eigenvalue weighted by Crippen LogP contribution is -2.17. The highest BCUT2D eigenvalue weighted by atomic mass is 35.5. The number of hydrogen-bond acceptors (Lipinski definition) is 6. The molecule has 0 aliphatic heterocycles. The van der Waals surface area contributed by atoms with Gasteiger partial charge in [0.2, 0.25) is 0 Å². The maximum absolute atomic E-state index is 14.9. The van der Waals surface area contributed by atoms with Crippen LogP contribution in [0.4, 0.5) is 24.8 Å². The van der Waals surface area contributed by atoms with Crippen LogP contribution in [0.5, 0.6) is 17.2 Å². The Bertz CT molecular complexity index is 1100. The summed E-state index contributed by atoms with van der Waals surface area (Å²) in [5, 5.41) is 3.30. The molecule has 0 unspecified atom stereocenters. The lowest BCUT2D eigenvalue weighted by molar-refractivity contribution is 0.345. The molecule has 0 aliphatic rings. The summed E-state index contributed by atoms with van der Waals surface area (Å²) < 4.78 is 59.0. The van der Waals surface area contributed by atoms with E-state index in [2.05, 4.69) is 10.3 Å². The van der Waals surface area contributed by atoms with E-state index < -0.39 is 23.9 Å². The van der Waals surface area contributed by atoms with Crippen molar-refractivity contribution >= 4 is 23.1 Å². The second-order valence-electron chi connectivity index (χ2n) is 7.05. The monoisotopic (exact) mass is 481 g/mol. The van der Waals surface area contributed by atoms with Crippen LogP contribution in [0.1, 0.15) is 16.7 Å². The molecular weight excluding hydrogens is 459 g/mol. The van der Waals surface area contributed by atoms with Gasteiger partial charge in [-0.25, -0.2) is 18.9 Å². The Balaban J connectivity index is 1.80. The zero-order valence-corrected chi connectivity index (χ0v) is 19.3. The first-order valence-corrected chi connectivity index (χ1v) is 10.2. The van der Waals surface area contributed by atoms with Crippen molar-refractivity contribution in [1.82, 2.24) is 4.98 Å². The Morgan fingerprint density at radius 3 is 2.15 bits per heavy atom. The standard InChI is InChI=1S/C23H23ClF3N3O3/c1-13-19(24)15(11-29-23(13)28-10-14-5-7-16(31-2)8-6-14)12-30(27)22-20(25)17(32-3)9-18(33-4)21(22)26/h5-9,11H,10,12H2,1-4H3,(H,28,29). The molecule has 0 radical (unpaired) electrons. The Morgan fingerprint density at radius 2 is 1.61 bits per heavy atom. The van der Waals surface area contributed by atoms with E-state index in [1.807, 2.05) is 24.3 Å². The molecule has 6 nitrogen and oxygen atoms in total. The van der Waals surface area contributed by atoms with Crippen LogP contribution in [0, 0.1) is 18.6 Å². The van der Waals surface area contributed by atoms with Gasteiger partial charge in [0.1, 0.15) is 17.3 Å². The fraction of sp³-hybridized carbons (Fsp3) is 0.261. The topological polar surface area (TPSA) is 55.9 Å². The van der Waals surface area contributed by atoms with Crippen molar-refractivity contribution in [3.05, 3.63) is 69.9 Å². The van der Waals surface area contributed by atoms with E-state index in [0.29, 0.717) is 17.9 Å². The molecule has 0 amide bonds. The van der Waals surface area contributed by atoms with E-state index in [1.54, 1.807) is 14.0 Å². The van der Waals surface area contributed by atoms with E-state index in [1.165, 1.54) is 20.4 Å². The summed E-state index contributed by atoms with van der Waals surface area (Å²) in [6, 6.07) is 8.50. The van der Waals surface area contributed by atoms with Gasteiger partial charge < -0.3 is 19.5 Å². The van der Waals surface area contributed by atoms with Gasteiger partial charge in [-0.05, 0) is 24.6 Å². The molecule has 2 aromatic carbocycles. The highest BCUT2D eigenvalue weighted by molar-refractivity contribution is 6.32. The third kappa shape index (κ3) is 5.19. The van der Waals surface area contributed by atoms with Gasteiger partial charge in [-0.2, -0.15) is 0 Å². The average molecular weight is 482 g/mol. The molecule has 0 fully saturated rings. The van der Waals surface area contributed by atoms with Crippen molar-refractivity contribution in [2.75, 3.05) is 31.8 Å². The molecule has 1 N–H and O–H groups in total. The molecule has 1 heterocycles. The van der Waals surface area contributed by atoms with Gasteiger partial charge in [0.05, 0.1) is 32.9 Å². The number of nitrogens with one attached hydrogen (secondary N) is 1. The molecule has 0 spiro atoms. The van der Waals surface area contributed by atoms with Gasteiger partial charge in [-0.1, -0.05) is 28.2 Å². The minimum atomic E-state index is -1.20. The minimum Gasteiger partial charge on any atom is -0.497 e. The number of rotatable bonds is 9. The second-order valence-corrected chi connectivity index (χ2v) is 7.43. The predicted molar refractivity (Wildman–Crippen MR) is 121 cm³/mol. The molecule has 0 saturated carbocycles. The highest BCUT2D eigenvalue weighted by Gasteiger charge is 2.26. The summed E-state index contributed by atoms with van der Waals surface area (Å²) in [5.74, 6) is -1.86. The second kappa shape index (κ2) is 10.5. The number of anilines is 2. The van der Waals surface area contributed by atoms with Crippen LogP contribution < -0.4 is 24.6 Å². The summed E-state index contributed by atoms with van der Waals surface area (Å²) in [6.07, 6.45) is 1.35. The van der Waals surface area contributed by atoms with Crippen molar-refractivity contribution in [2.45, 2.75) is 20.0 Å². The Labute approximate surface area is 194 Å². The third-order valence-corrected chi connectivity index (χ3v) is 5.56. The number of hydrogen-bond donors (Lipinski definition) is 1. The van der Waals surface area contributed by atoms with Crippen LogP contribution in [-0.2, 0) is 13.1 Å². The van der Waals surface area contributed by atoms with Crippen LogP contribution in [0.15, 0.2) is 36.5 Å². The maximum Gasteiger partial charge on any atom is 0.194 e. The van der Waals surface area contributed by atoms with E-state index in [-0.39, 0.29) is 27.2 Å². The van der Waals surface area contributed by atoms with Gasteiger partial charge in [0.15, 0.2) is 23.1 Å². The molecule has 0 bridgehead atoms. The van der Waals surface area contributed by atoms with Crippen molar-refractivity contribution in [3.8, 4) is 17.2 Å². The molecule has 0 aliphatic carbocycles. The van der Waals surface area contributed by atoms with Crippen LogP contribution in [0.3, 0.4) is 0 Å². The predicted octanol–water partition coefficient (Wildman–Crippen LogP) is 5.85. The molecule has 3 aromatic rings. The van der Waals surface area contributed by atoms with Gasteiger partial charge in [0.25, 0.3) is 0 Å². The lowest BCUT2D eigenvalue weighted by atomic mass is 10.1. The summed E-state index contributed by atoms with van der Waals surface area (Å²) in [5.41, 5.74) is 0.860. The first-order chi connectivity index (χ1) is 15.8. The summed E-state index contributed by atoms with van der Waals surface area (Å²) in [4.78, 5) is 4.30. The zero-order valence-electron chi connectivity index (χ0n) is 18.5. The van der Waals surface area contributed by atoms with Crippen molar-refractivity contribution in [1.29, 1.82) is 0 Å². The van der Waals surface area contributed by atoms with Gasteiger partial charge >= 0.3 is 0 Å². The molecule has 0 atom stereocenters. The molecule has 0 saturated heterocycles. The number of aromatic nitrogens is 1. The number of methoxy groups -OCH3 is 3. The van der Waals surface area contributed by atoms with E-state index >= 15 is 0 Å². The highest BCUT2D eigenvalue weighted by Crippen LogP contribution is 2.38. The molecule has 10 heteroatoms. The van der Waals surface area contributed by atoms with E-state index in [9.17, 15) is 13.3 Å². The number of ether oxygens (including phenoxy) is 3. The maximum atomic E-state index is 14.9. The Hall–Kier alpha value is -3.33. The van der Waals surface area contributed by atoms with Gasteiger partial charge in [0, 0.05) is 29.9 Å². The first kappa shape index (κ1) is 24.3. The van der Waals surface area contributed by atoms with Gasteiger partial charge in [-0.3, -0.25) is 0 Å². The summed E-state index contributed by atoms with van der Waals surface area (Å²) in [6.45, 7) is 1.64. The quantitative estimate of drug-likeness (QED) is 0.387. The summed E-state index contributed by atoms with van der Waals surface area (Å²) >= 11 is 6.42. The smallest absolute Gasteiger partial charge is 0.194 e. The van der Waals surface area contributed by atoms with Gasteiger partial charge in [-0.15, -0.1) is 0 Å². The largest absolute Gasteiger partial charge is 0.497 e. The van der Waals surface area contributed by atoms with Crippen molar-refractivity contribution in [2.24, 2.45) is 0 Å². The molecule has 33 heavy (non-hydrogen) atoms. The fourth-order valence-electron chi connectivity index (χ4n) is 3.17. The number of pyridine rings is 1. The normalized spacial score (nSPS) is 10.7. The zero-order chi connectivity index (χ0) is 24.1. The van der Waals surface area contributed by atoms with E-state index in [4.69, 9.17) is 25.8 Å². The van der Waals surface area contributed by atoms with E-state index in [0.717, 1.165) is 17.4 Å². The van der Waals surface area contributed by atoms with Crippen molar-refractivity contribution in [3.63, 3.8) is 0 Å². The molecule has 176 valence electrons. The number of benzene rings is 2. The van der Waals surface area contributed by atoms with Crippen LogP contribution >= 0.6 is 11.6 Å². The SMILES string of the molecule is COc1ccc(CNc2ncc(CN(F)c3c(F)c(OC)cc(OC)c3F)c(Cl)c2C)cc1.